The van der Waals surface area contributed by atoms with Crippen molar-refractivity contribution < 1.29 is 9.53 Å². The number of hydrogen-bond donors (Lipinski definition) is 1. The number of fused-ring (bicyclic) bond motifs is 1. The minimum Gasteiger partial charge on any atom is -0.383 e. The second kappa shape index (κ2) is 8.38. The van der Waals surface area contributed by atoms with Gasteiger partial charge in [-0.25, -0.2) is 4.98 Å². The van der Waals surface area contributed by atoms with Crippen molar-refractivity contribution in [2.75, 3.05) is 19.0 Å². The Morgan fingerprint density at radius 2 is 2.08 bits per heavy atom. The highest BCUT2D eigenvalue weighted by Crippen LogP contribution is 2.28. The van der Waals surface area contributed by atoms with Crippen LogP contribution >= 0.6 is 11.8 Å². The summed E-state index contributed by atoms with van der Waals surface area (Å²) >= 11 is 1.46. The number of hydrogen-bond acceptors (Lipinski definition) is 4. The van der Waals surface area contributed by atoms with E-state index in [0.29, 0.717) is 13.2 Å². The summed E-state index contributed by atoms with van der Waals surface area (Å²) in [5, 5.41) is 3.54. The third-order valence-corrected chi connectivity index (χ3v) is 5.17. The number of aromatic nitrogens is 2. The quantitative estimate of drug-likeness (QED) is 0.637. The maximum Gasteiger partial charge on any atom is 0.237 e. The van der Waals surface area contributed by atoms with Gasteiger partial charge in [-0.05, 0) is 43.7 Å². The first-order valence-corrected chi connectivity index (χ1v) is 9.45. The Balaban J connectivity index is 1.77. The molecule has 5 nitrogen and oxygen atoms in total. The van der Waals surface area contributed by atoms with Gasteiger partial charge in [-0.1, -0.05) is 36.0 Å². The smallest absolute Gasteiger partial charge is 0.237 e. The summed E-state index contributed by atoms with van der Waals surface area (Å²) in [6.45, 7) is 5.20. The molecular formula is C20H23N3O2S. The van der Waals surface area contributed by atoms with E-state index in [1.54, 1.807) is 7.11 Å². The Bertz CT molecular complexity index is 907. The standard InChI is InChI=1S/C20H23N3O2S/c1-14-7-6-8-16(13-14)21-19(24)15(2)26-20-22-17-9-4-5-10-18(17)23(20)11-12-25-3/h4-10,13,15H,11-12H2,1-3H3,(H,21,24). The van der Waals surface area contributed by atoms with Gasteiger partial charge in [0.05, 0.1) is 22.9 Å². The zero-order valence-corrected chi connectivity index (χ0v) is 16.0. The lowest BCUT2D eigenvalue weighted by Crippen LogP contribution is -2.23. The van der Waals surface area contributed by atoms with Crippen molar-refractivity contribution in [2.24, 2.45) is 0 Å². The molecule has 26 heavy (non-hydrogen) atoms. The van der Waals surface area contributed by atoms with E-state index in [0.717, 1.165) is 27.4 Å². The topological polar surface area (TPSA) is 56.1 Å². The number of nitrogens with zero attached hydrogens (tertiary/aromatic N) is 2. The number of anilines is 1. The third-order valence-electron chi connectivity index (χ3n) is 4.08. The molecule has 0 aliphatic rings. The molecule has 0 bridgehead atoms. The lowest BCUT2D eigenvalue weighted by atomic mass is 10.2. The molecule has 1 amide bonds. The van der Waals surface area contributed by atoms with Gasteiger partial charge < -0.3 is 14.6 Å². The number of aryl methyl sites for hydroxylation is 1. The van der Waals surface area contributed by atoms with Crippen molar-refractivity contribution >= 4 is 34.4 Å². The van der Waals surface area contributed by atoms with Crippen molar-refractivity contribution in [1.29, 1.82) is 0 Å². The molecule has 0 saturated heterocycles. The summed E-state index contributed by atoms with van der Waals surface area (Å²) in [6, 6.07) is 15.8. The molecule has 0 radical (unpaired) electrons. The van der Waals surface area contributed by atoms with Gasteiger partial charge in [0.2, 0.25) is 5.91 Å². The second-order valence-corrected chi connectivity index (χ2v) is 7.45. The average molecular weight is 369 g/mol. The molecule has 3 aromatic rings. The van der Waals surface area contributed by atoms with Gasteiger partial charge >= 0.3 is 0 Å². The lowest BCUT2D eigenvalue weighted by Gasteiger charge is -2.13. The first-order valence-electron chi connectivity index (χ1n) is 8.57. The van der Waals surface area contributed by atoms with Crippen LogP contribution in [0.1, 0.15) is 12.5 Å². The summed E-state index contributed by atoms with van der Waals surface area (Å²) in [7, 11) is 1.68. The van der Waals surface area contributed by atoms with Crippen molar-refractivity contribution in [3.05, 3.63) is 54.1 Å². The average Bonchev–Trinajstić information content (AvgIpc) is 2.97. The van der Waals surface area contributed by atoms with Crippen molar-refractivity contribution in [2.45, 2.75) is 30.8 Å². The van der Waals surface area contributed by atoms with Crippen molar-refractivity contribution in [3.63, 3.8) is 0 Å². The van der Waals surface area contributed by atoms with Crippen LogP contribution < -0.4 is 5.32 Å². The van der Waals surface area contributed by atoms with E-state index >= 15 is 0 Å². The monoisotopic (exact) mass is 369 g/mol. The number of thioether (sulfide) groups is 1. The number of imidazole rings is 1. The Labute approximate surface area is 157 Å². The van der Waals surface area contributed by atoms with Crippen molar-refractivity contribution in [3.8, 4) is 0 Å². The summed E-state index contributed by atoms with van der Waals surface area (Å²) < 4.78 is 7.34. The molecule has 6 heteroatoms. The highest BCUT2D eigenvalue weighted by molar-refractivity contribution is 8.00. The number of nitrogens with one attached hydrogen (secondary N) is 1. The molecule has 2 aromatic carbocycles. The first kappa shape index (κ1) is 18.5. The molecule has 1 aromatic heterocycles. The van der Waals surface area contributed by atoms with E-state index < -0.39 is 0 Å². The fraction of sp³-hybridized carbons (Fsp3) is 0.300. The molecule has 1 atom stereocenters. The maximum atomic E-state index is 12.6. The van der Waals surface area contributed by atoms with E-state index in [-0.39, 0.29) is 11.2 Å². The van der Waals surface area contributed by atoms with Gasteiger partial charge in [-0.3, -0.25) is 4.79 Å². The van der Waals surface area contributed by atoms with E-state index in [2.05, 4.69) is 9.88 Å². The molecule has 1 unspecified atom stereocenters. The van der Waals surface area contributed by atoms with Crippen LogP contribution in [0.3, 0.4) is 0 Å². The maximum absolute atomic E-state index is 12.6. The SMILES string of the molecule is COCCn1c(SC(C)C(=O)Nc2cccc(C)c2)nc2ccccc21. The Kier molecular flexibility index (Phi) is 5.96. The predicted molar refractivity (Wildman–Crippen MR) is 107 cm³/mol. The van der Waals surface area contributed by atoms with Gasteiger partial charge in [0.15, 0.2) is 5.16 Å². The molecule has 3 rings (SSSR count). The van der Waals surface area contributed by atoms with Crippen LogP contribution in [0, 0.1) is 6.92 Å². The van der Waals surface area contributed by atoms with Gasteiger partial charge in [-0.2, -0.15) is 0 Å². The zero-order valence-electron chi connectivity index (χ0n) is 15.2. The highest BCUT2D eigenvalue weighted by atomic mass is 32.2. The number of carbonyl (C=O) groups excluding carboxylic acids is 1. The van der Waals surface area contributed by atoms with Crippen LogP contribution in [-0.2, 0) is 16.1 Å². The van der Waals surface area contributed by atoms with Crippen LogP contribution in [0.2, 0.25) is 0 Å². The molecule has 1 heterocycles. The molecule has 1 N–H and O–H groups in total. The summed E-state index contributed by atoms with van der Waals surface area (Å²) in [5.41, 5.74) is 3.91. The second-order valence-electron chi connectivity index (χ2n) is 6.15. The molecule has 0 aliphatic heterocycles. The minimum atomic E-state index is -0.270. The molecule has 0 saturated carbocycles. The van der Waals surface area contributed by atoms with E-state index in [1.807, 2.05) is 62.4 Å². The van der Waals surface area contributed by atoms with Crippen molar-refractivity contribution in [1.82, 2.24) is 9.55 Å². The van der Waals surface area contributed by atoms with Crippen LogP contribution in [0.4, 0.5) is 5.69 Å². The van der Waals surface area contributed by atoms with E-state index in [9.17, 15) is 4.79 Å². The first-order chi connectivity index (χ1) is 12.6. The minimum absolute atomic E-state index is 0.0362. The van der Waals surface area contributed by atoms with Crippen LogP contribution in [0.5, 0.6) is 0 Å². The van der Waals surface area contributed by atoms with Crippen LogP contribution in [0.25, 0.3) is 11.0 Å². The third kappa shape index (κ3) is 4.26. The number of ether oxygens (including phenoxy) is 1. The van der Waals surface area contributed by atoms with E-state index in [4.69, 9.17) is 9.72 Å². The number of methoxy groups -OCH3 is 1. The van der Waals surface area contributed by atoms with Crippen LogP contribution in [-0.4, -0.2) is 34.4 Å². The largest absolute Gasteiger partial charge is 0.383 e. The number of carbonyl (C=O) groups is 1. The highest BCUT2D eigenvalue weighted by Gasteiger charge is 2.19. The fourth-order valence-electron chi connectivity index (χ4n) is 2.72. The number of amides is 1. The fourth-order valence-corrected chi connectivity index (χ4v) is 3.67. The molecule has 136 valence electrons. The number of para-hydroxylation sites is 2. The van der Waals surface area contributed by atoms with Gasteiger partial charge in [0, 0.05) is 19.3 Å². The zero-order chi connectivity index (χ0) is 18.5. The Morgan fingerprint density at radius 3 is 2.85 bits per heavy atom. The van der Waals surface area contributed by atoms with Crippen LogP contribution in [0.15, 0.2) is 53.7 Å². The summed E-state index contributed by atoms with van der Waals surface area (Å²) in [5.74, 6) is -0.0362. The summed E-state index contributed by atoms with van der Waals surface area (Å²) in [6.07, 6.45) is 0. The van der Waals surface area contributed by atoms with Gasteiger partial charge in [0.1, 0.15) is 0 Å². The molecule has 0 fully saturated rings. The number of rotatable bonds is 7. The Morgan fingerprint density at radius 1 is 1.27 bits per heavy atom. The lowest BCUT2D eigenvalue weighted by molar-refractivity contribution is -0.115. The number of benzene rings is 2. The predicted octanol–water partition coefficient (Wildman–Crippen LogP) is 4.11. The van der Waals surface area contributed by atoms with Gasteiger partial charge in [0.25, 0.3) is 0 Å². The molecule has 0 spiro atoms. The molecular weight excluding hydrogens is 346 g/mol. The molecule has 0 aliphatic carbocycles. The van der Waals surface area contributed by atoms with E-state index in [1.165, 1.54) is 11.8 Å². The van der Waals surface area contributed by atoms with Gasteiger partial charge in [-0.15, -0.1) is 0 Å². The normalized spacial score (nSPS) is 12.3. The summed E-state index contributed by atoms with van der Waals surface area (Å²) in [4.78, 5) is 17.3. The Hall–Kier alpha value is -2.31.